The number of carbonyl (C=O) groups excluding carboxylic acids is 2. The Hall–Kier alpha value is -2.21. The summed E-state index contributed by atoms with van der Waals surface area (Å²) in [6, 6.07) is 8.00. The van der Waals surface area contributed by atoms with Crippen molar-refractivity contribution in [2.24, 2.45) is 0 Å². The van der Waals surface area contributed by atoms with E-state index in [4.69, 9.17) is 0 Å². The van der Waals surface area contributed by atoms with E-state index >= 15 is 0 Å². The Kier molecular flexibility index (Phi) is 4.69. The minimum atomic E-state index is -0.406. The zero-order valence-electron chi connectivity index (χ0n) is 16.8. The number of thiazole rings is 1. The van der Waals surface area contributed by atoms with Crippen molar-refractivity contribution >= 4 is 28.3 Å². The standard InChI is InChI=1S/C23H27N3O2S/c1-15-14-29-22(24-15)25-20(27)19-17-10-4-5-11-18(17)21(28)26(16-8-2-3-9-16)23(19)12-6-7-13-23/h4-5,10-11,14,16,19H,2-3,6-9,12-13H2,1H3,(H,24,25,27)/t19-/m0/s1. The van der Waals surface area contributed by atoms with Gasteiger partial charge in [-0.15, -0.1) is 11.3 Å². The minimum Gasteiger partial charge on any atom is -0.329 e. The molecule has 152 valence electrons. The molecule has 1 aromatic heterocycles. The van der Waals surface area contributed by atoms with Crippen LogP contribution in [0.3, 0.4) is 0 Å². The van der Waals surface area contributed by atoms with Crippen molar-refractivity contribution in [1.82, 2.24) is 9.88 Å². The molecule has 29 heavy (non-hydrogen) atoms. The van der Waals surface area contributed by atoms with Crippen LogP contribution in [0.1, 0.15) is 78.9 Å². The Labute approximate surface area is 175 Å². The van der Waals surface area contributed by atoms with Gasteiger partial charge in [-0.05, 0) is 44.2 Å². The normalized spacial score (nSPS) is 23.6. The molecule has 1 spiro atoms. The number of hydrogen-bond donors (Lipinski definition) is 1. The summed E-state index contributed by atoms with van der Waals surface area (Å²) in [4.78, 5) is 34.0. The number of rotatable bonds is 3. The van der Waals surface area contributed by atoms with E-state index in [1.165, 1.54) is 24.2 Å². The average molecular weight is 410 g/mol. The third-order valence-corrected chi connectivity index (χ3v) is 7.88. The molecule has 2 amide bonds. The smallest absolute Gasteiger partial charge is 0.254 e. The lowest BCUT2D eigenvalue weighted by Gasteiger charge is -2.52. The summed E-state index contributed by atoms with van der Waals surface area (Å²) < 4.78 is 0. The predicted octanol–water partition coefficient (Wildman–Crippen LogP) is 4.89. The molecule has 1 aliphatic heterocycles. The topological polar surface area (TPSA) is 62.3 Å². The van der Waals surface area contributed by atoms with Crippen LogP contribution in [-0.2, 0) is 4.79 Å². The largest absolute Gasteiger partial charge is 0.329 e. The first kappa shape index (κ1) is 18.8. The lowest BCUT2D eigenvalue weighted by Crippen LogP contribution is -2.62. The van der Waals surface area contributed by atoms with Crippen LogP contribution in [-0.4, -0.2) is 33.3 Å². The van der Waals surface area contributed by atoms with Gasteiger partial charge in [-0.2, -0.15) is 0 Å². The Morgan fingerprint density at radius 1 is 1.17 bits per heavy atom. The number of nitrogens with zero attached hydrogens (tertiary/aromatic N) is 2. The summed E-state index contributed by atoms with van der Waals surface area (Å²) in [7, 11) is 0. The number of fused-ring (bicyclic) bond motifs is 1. The zero-order chi connectivity index (χ0) is 20.0. The molecule has 5 rings (SSSR count). The van der Waals surface area contributed by atoms with Gasteiger partial charge in [0.2, 0.25) is 5.91 Å². The lowest BCUT2D eigenvalue weighted by atomic mass is 9.70. The van der Waals surface area contributed by atoms with Crippen molar-refractivity contribution in [2.45, 2.75) is 75.8 Å². The molecule has 5 nitrogen and oxygen atoms in total. The van der Waals surface area contributed by atoms with Gasteiger partial charge in [-0.1, -0.05) is 43.9 Å². The van der Waals surface area contributed by atoms with E-state index in [0.717, 1.165) is 49.8 Å². The first-order valence-corrected chi connectivity index (χ1v) is 11.6. The maximum Gasteiger partial charge on any atom is 0.254 e. The molecule has 3 aliphatic rings. The number of aromatic nitrogens is 1. The maximum absolute atomic E-state index is 13.7. The molecule has 6 heteroatoms. The second kappa shape index (κ2) is 7.24. The molecule has 0 saturated heterocycles. The van der Waals surface area contributed by atoms with Crippen LogP contribution < -0.4 is 5.32 Å². The summed E-state index contributed by atoms with van der Waals surface area (Å²) in [5, 5.41) is 5.67. The highest BCUT2D eigenvalue weighted by Gasteiger charge is 2.57. The van der Waals surface area contributed by atoms with Crippen LogP contribution in [0.2, 0.25) is 0 Å². The fourth-order valence-corrected chi connectivity index (χ4v) is 6.58. The van der Waals surface area contributed by atoms with Crippen LogP contribution in [0, 0.1) is 6.92 Å². The Morgan fingerprint density at radius 2 is 1.90 bits per heavy atom. The van der Waals surface area contributed by atoms with Crippen molar-refractivity contribution in [3.05, 3.63) is 46.5 Å². The molecule has 2 saturated carbocycles. The first-order chi connectivity index (χ1) is 14.1. The molecule has 1 N–H and O–H groups in total. The zero-order valence-corrected chi connectivity index (χ0v) is 17.6. The second-order valence-electron chi connectivity index (χ2n) is 8.73. The molecule has 2 aliphatic carbocycles. The molecule has 1 atom stereocenters. The van der Waals surface area contributed by atoms with Crippen LogP contribution in [0.5, 0.6) is 0 Å². The van der Waals surface area contributed by atoms with Gasteiger partial charge >= 0.3 is 0 Å². The van der Waals surface area contributed by atoms with E-state index in [1.54, 1.807) is 0 Å². The molecule has 0 radical (unpaired) electrons. The quantitative estimate of drug-likeness (QED) is 0.785. The summed E-state index contributed by atoms with van der Waals surface area (Å²) in [5.74, 6) is -0.239. The Bertz CT molecular complexity index is 941. The maximum atomic E-state index is 13.7. The number of hydrogen-bond acceptors (Lipinski definition) is 4. The van der Waals surface area contributed by atoms with Gasteiger partial charge < -0.3 is 10.2 Å². The molecule has 2 heterocycles. The average Bonchev–Trinajstić information content (AvgIpc) is 3.46. The highest BCUT2D eigenvalue weighted by molar-refractivity contribution is 7.13. The third-order valence-electron chi connectivity index (χ3n) is 7.01. The van der Waals surface area contributed by atoms with Gasteiger partial charge in [0.1, 0.15) is 0 Å². The molecule has 2 fully saturated rings. The van der Waals surface area contributed by atoms with Crippen molar-refractivity contribution in [1.29, 1.82) is 0 Å². The van der Waals surface area contributed by atoms with Gasteiger partial charge in [0.15, 0.2) is 5.13 Å². The van der Waals surface area contributed by atoms with Gasteiger partial charge in [0.05, 0.1) is 17.2 Å². The number of benzene rings is 1. The van der Waals surface area contributed by atoms with Crippen molar-refractivity contribution in [2.75, 3.05) is 5.32 Å². The van der Waals surface area contributed by atoms with Gasteiger partial charge in [0, 0.05) is 17.0 Å². The van der Waals surface area contributed by atoms with Crippen molar-refractivity contribution in [3.63, 3.8) is 0 Å². The van der Waals surface area contributed by atoms with E-state index in [1.807, 2.05) is 36.6 Å². The summed E-state index contributed by atoms with van der Waals surface area (Å²) in [6.07, 6.45) is 8.38. The summed E-state index contributed by atoms with van der Waals surface area (Å²) in [5.41, 5.74) is 2.09. The fourth-order valence-electron chi connectivity index (χ4n) is 5.89. The van der Waals surface area contributed by atoms with Crippen LogP contribution in [0.25, 0.3) is 0 Å². The molecular weight excluding hydrogens is 382 g/mol. The molecule has 0 bridgehead atoms. The Morgan fingerprint density at radius 3 is 2.59 bits per heavy atom. The predicted molar refractivity (Wildman–Crippen MR) is 114 cm³/mol. The SMILES string of the molecule is Cc1csc(NC(=O)[C@@H]2c3ccccc3C(=O)N(C3CCCC3)C23CCCC3)n1. The molecule has 1 aromatic carbocycles. The number of anilines is 1. The van der Waals surface area contributed by atoms with Crippen molar-refractivity contribution in [3.8, 4) is 0 Å². The van der Waals surface area contributed by atoms with E-state index in [-0.39, 0.29) is 23.8 Å². The first-order valence-electron chi connectivity index (χ1n) is 10.8. The van der Waals surface area contributed by atoms with Gasteiger partial charge in [0.25, 0.3) is 5.91 Å². The fraction of sp³-hybridized carbons (Fsp3) is 0.522. The van der Waals surface area contributed by atoms with E-state index in [0.29, 0.717) is 10.7 Å². The molecule has 0 unspecified atom stereocenters. The number of aryl methyl sites for hydroxylation is 1. The van der Waals surface area contributed by atoms with Gasteiger partial charge in [-0.3, -0.25) is 9.59 Å². The van der Waals surface area contributed by atoms with Crippen LogP contribution >= 0.6 is 11.3 Å². The monoisotopic (exact) mass is 409 g/mol. The molecule has 2 aromatic rings. The number of amides is 2. The highest BCUT2D eigenvalue weighted by Crippen LogP contribution is 2.52. The lowest BCUT2D eigenvalue weighted by molar-refractivity contribution is -0.121. The van der Waals surface area contributed by atoms with E-state index in [2.05, 4.69) is 15.2 Å². The molecular formula is C23H27N3O2S. The highest BCUT2D eigenvalue weighted by atomic mass is 32.1. The van der Waals surface area contributed by atoms with E-state index < -0.39 is 5.54 Å². The number of nitrogens with one attached hydrogen (secondary N) is 1. The van der Waals surface area contributed by atoms with Crippen LogP contribution in [0.15, 0.2) is 29.6 Å². The van der Waals surface area contributed by atoms with Crippen LogP contribution in [0.4, 0.5) is 5.13 Å². The third kappa shape index (κ3) is 3.00. The van der Waals surface area contributed by atoms with E-state index in [9.17, 15) is 9.59 Å². The minimum absolute atomic E-state index is 0.0239. The summed E-state index contributed by atoms with van der Waals surface area (Å²) in [6.45, 7) is 1.93. The van der Waals surface area contributed by atoms with Gasteiger partial charge in [-0.25, -0.2) is 4.98 Å². The van der Waals surface area contributed by atoms with Crippen molar-refractivity contribution < 1.29 is 9.59 Å². The number of carbonyl (C=O) groups is 2. The second-order valence-corrected chi connectivity index (χ2v) is 9.59. The summed E-state index contributed by atoms with van der Waals surface area (Å²) >= 11 is 1.46. The Balaban J connectivity index is 1.62.